The number of nitro benzene ring substituents is 1. The summed E-state index contributed by atoms with van der Waals surface area (Å²) in [6.45, 7) is 0.0940. The predicted molar refractivity (Wildman–Crippen MR) is 74.0 cm³/mol. The number of nitro groups is 1. The first-order valence-corrected chi connectivity index (χ1v) is 5.99. The molecule has 0 saturated heterocycles. The van der Waals surface area contributed by atoms with E-state index in [2.05, 4.69) is 0 Å². The maximum atomic E-state index is 11.0. The molecule has 0 amide bonds. The molecule has 0 heterocycles. The number of rotatable bonds is 5. The summed E-state index contributed by atoms with van der Waals surface area (Å²) in [5.74, 6) is 0.0768. The van der Waals surface area contributed by atoms with Crippen molar-refractivity contribution in [2.24, 2.45) is 0 Å². The third kappa shape index (κ3) is 3.42. The van der Waals surface area contributed by atoms with Crippen LogP contribution in [0.25, 0.3) is 0 Å². The first-order valence-electron chi connectivity index (χ1n) is 5.99. The lowest BCUT2D eigenvalue weighted by Crippen LogP contribution is -2.00. The Balaban J connectivity index is 2.21. The van der Waals surface area contributed by atoms with Crippen molar-refractivity contribution in [2.75, 3.05) is 0 Å². The lowest BCUT2D eigenvalue weighted by Gasteiger charge is -2.07. The Morgan fingerprint density at radius 3 is 2.76 bits per heavy atom. The van der Waals surface area contributed by atoms with Gasteiger partial charge in [0.25, 0.3) is 0 Å². The fourth-order valence-corrected chi connectivity index (χ4v) is 1.76. The van der Waals surface area contributed by atoms with E-state index in [0.717, 1.165) is 11.6 Å². The lowest BCUT2D eigenvalue weighted by molar-refractivity contribution is -0.386. The van der Waals surface area contributed by atoms with Crippen LogP contribution < -0.4 is 4.74 Å². The number of carbonyl (C=O) groups is 1. The second-order valence-corrected chi connectivity index (χ2v) is 4.20. The molecule has 2 aromatic rings. The monoisotopic (exact) mass is 282 g/mol. The van der Waals surface area contributed by atoms with Crippen LogP contribution in [0.5, 0.6) is 5.75 Å². The Morgan fingerprint density at radius 2 is 2.10 bits per heavy atom. The van der Waals surface area contributed by atoms with E-state index in [4.69, 9.17) is 10.00 Å². The van der Waals surface area contributed by atoms with Gasteiger partial charge in [0.1, 0.15) is 12.9 Å². The first-order chi connectivity index (χ1) is 10.1. The molecule has 0 spiro atoms. The Kier molecular flexibility index (Phi) is 4.26. The van der Waals surface area contributed by atoms with Crippen molar-refractivity contribution in [3.8, 4) is 11.8 Å². The molecule has 0 aliphatic carbocycles. The minimum absolute atomic E-state index is 0.0768. The van der Waals surface area contributed by atoms with Crippen molar-refractivity contribution in [2.45, 2.75) is 6.61 Å². The van der Waals surface area contributed by atoms with E-state index in [9.17, 15) is 14.9 Å². The van der Waals surface area contributed by atoms with Gasteiger partial charge in [-0.2, -0.15) is 5.26 Å². The molecule has 0 unspecified atom stereocenters. The van der Waals surface area contributed by atoms with Gasteiger partial charge in [0, 0.05) is 11.6 Å². The summed E-state index contributed by atoms with van der Waals surface area (Å²) >= 11 is 0. The molecule has 0 saturated carbocycles. The fraction of sp³-hybridized carbons (Fsp3) is 0.0667. The molecule has 0 aliphatic rings. The van der Waals surface area contributed by atoms with Gasteiger partial charge in [-0.1, -0.05) is 12.1 Å². The molecule has 6 nitrogen and oxygen atoms in total. The van der Waals surface area contributed by atoms with Crippen molar-refractivity contribution < 1.29 is 14.5 Å². The number of hydrogen-bond donors (Lipinski definition) is 0. The maximum absolute atomic E-state index is 11.0. The number of hydrogen-bond acceptors (Lipinski definition) is 5. The highest BCUT2D eigenvalue weighted by molar-refractivity contribution is 5.77. The zero-order chi connectivity index (χ0) is 15.2. The van der Waals surface area contributed by atoms with Crippen molar-refractivity contribution in [3.05, 3.63) is 69.3 Å². The molecular weight excluding hydrogens is 272 g/mol. The zero-order valence-corrected chi connectivity index (χ0v) is 10.9. The number of ether oxygens (including phenoxy) is 1. The smallest absolute Gasteiger partial charge is 0.311 e. The Labute approximate surface area is 120 Å². The Bertz CT molecular complexity index is 735. The number of carbonyl (C=O) groups excluding carboxylic acids is 1. The molecule has 6 heteroatoms. The fourth-order valence-electron chi connectivity index (χ4n) is 1.76. The third-order valence-corrected chi connectivity index (χ3v) is 2.77. The summed E-state index contributed by atoms with van der Waals surface area (Å²) in [4.78, 5) is 21.0. The van der Waals surface area contributed by atoms with Gasteiger partial charge >= 0.3 is 5.69 Å². The van der Waals surface area contributed by atoms with Crippen LogP contribution in [0, 0.1) is 21.4 Å². The minimum atomic E-state index is -0.603. The van der Waals surface area contributed by atoms with E-state index in [1.165, 1.54) is 12.1 Å². The van der Waals surface area contributed by atoms with E-state index in [1.54, 1.807) is 24.3 Å². The lowest BCUT2D eigenvalue weighted by atomic mass is 10.1. The predicted octanol–water partition coefficient (Wildman–Crippen LogP) is 2.86. The van der Waals surface area contributed by atoms with Gasteiger partial charge in [0.2, 0.25) is 0 Å². The van der Waals surface area contributed by atoms with Gasteiger partial charge in [-0.25, -0.2) is 0 Å². The van der Waals surface area contributed by atoms with Crippen LogP contribution >= 0.6 is 0 Å². The standard InChI is InChI=1S/C15H10N2O4/c16-8-11-2-1-3-13(6-11)10-21-15-5-4-12(9-18)7-14(15)17(19)20/h1-7,9H,10H2. The average molecular weight is 282 g/mol. The van der Waals surface area contributed by atoms with Crippen LogP contribution in [-0.4, -0.2) is 11.2 Å². The maximum Gasteiger partial charge on any atom is 0.311 e. The van der Waals surface area contributed by atoms with Gasteiger partial charge in [-0.15, -0.1) is 0 Å². The molecule has 0 bridgehead atoms. The van der Waals surface area contributed by atoms with Gasteiger partial charge in [-0.05, 0) is 29.8 Å². The van der Waals surface area contributed by atoms with E-state index in [0.29, 0.717) is 11.8 Å². The largest absolute Gasteiger partial charge is 0.482 e. The summed E-state index contributed by atoms with van der Waals surface area (Å²) in [6.07, 6.45) is 0.535. The van der Waals surface area contributed by atoms with E-state index < -0.39 is 4.92 Å². The zero-order valence-electron chi connectivity index (χ0n) is 10.9. The van der Waals surface area contributed by atoms with Crippen LogP contribution in [0.15, 0.2) is 42.5 Å². The molecule has 21 heavy (non-hydrogen) atoms. The number of aldehydes is 1. The topological polar surface area (TPSA) is 93.2 Å². The summed E-state index contributed by atoms with van der Waals surface area (Å²) < 4.78 is 5.42. The number of nitriles is 1. The molecule has 0 aliphatic heterocycles. The second kappa shape index (κ2) is 6.30. The molecule has 2 rings (SSSR count). The van der Waals surface area contributed by atoms with Gasteiger partial charge in [-0.3, -0.25) is 14.9 Å². The Morgan fingerprint density at radius 1 is 1.29 bits per heavy atom. The van der Waals surface area contributed by atoms with E-state index >= 15 is 0 Å². The SMILES string of the molecule is N#Cc1cccc(COc2ccc(C=O)cc2[N+](=O)[O-])c1. The normalized spacial score (nSPS) is 9.67. The summed E-state index contributed by atoms with van der Waals surface area (Å²) in [6, 6.07) is 12.8. The highest BCUT2D eigenvalue weighted by Gasteiger charge is 2.16. The second-order valence-electron chi connectivity index (χ2n) is 4.20. The summed E-state index contributed by atoms with van der Waals surface area (Å²) in [5, 5.41) is 19.8. The van der Waals surface area contributed by atoms with Crippen LogP contribution in [-0.2, 0) is 6.61 Å². The van der Waals surface area contributed by atoms with Gasteiger partial charge < -0.3 is 4.74 Å². The van der Waals surface area contributed by atoms with Gasteiger partial charge in [0.15, 0.2) is 5.75 Å². The third-order valence-electron chi connectivity index (χ3n) is 2.77. The molecule has 0 aromatic heterocycles. The molecule has 0 fully saturated rings. The van der Waals surface area contributed by atoms with Crippen molar-refractivity contribution in [1.82, 2.24) is 0 Å². The van der Waals surface area contributed by atoms with E-state index in [1.807, 2.05) is 6.07 Å². The Hall–Kier alpha value is -3.20. The molecule has 0 N–H and O–H groups in total. The van der Waals surface area contributed by atoms with E-state index in [-0.39, 0.29) is 23.6 Å². The molecule has 0 atom stereocenters. The van der Waals surface area contributed by atoms with Crippen LogP contribution in [0.2, 0.25) is 0 Å². The van der Waals surface area contributed by atoms with Crippen molar-refractivity contribution in [1.29, 1.82) is 5.26 Å². The molecular formula is C15H10N2O4. The van der Waals surface area contributed by atoms with Gasteiger partial charge in [0.05, 0.1) is 16.6 Å². The highest BCUT2D eigenvalue weighted by Crippen LogP contribution is 2.28. The van der Waals surface area contributed by atoms with Crippen molar-refractivity contribution >= 4 is 12.0 Å². The molecule has 0 radical (unpaired) electrons. The quantitative estimate of drug-likeness (QED) is 0.477. The molecule has 104 valence electrons. The number of nitrogens with zero attached hydrogens (tertiary/aromatic N) is 2. The first kappa shape index (κ1) is 14.2. The highest BCUT2D eigenvalue weighted by atomic mass is 16.6. The minimum Gasteiger partial charge on any atom is -0.482 e. The summed E-state index contributed by atoms with van der Waals surface area (Å²) in [7, 11) is 0. The summed E-state index contributed by atoms with van der Waals surface area (Å²) in [5.41, 5.74) is 1.15. The average Bonchev–Trinajstić information content (AvgIpc) is 2.52. The van der Waals surface area contributed by atoms with Crippen LogP contribution in [0.4, 0.5) is 5.69 Å². The van der Waals surface area contributed by atoms with Crippen molar-refractivity contribution in [3.63, 3.8) is 0 Å². The van der Waals surface area contributed by atoms with Crippen LogP contribution in [0.1, 0.15) is 21.5 Å². The molecule has 2 aromatic carbocycles. The van der Waals surface area contributed by atoms with Crippen LogP contribution in [0.3, 0.4) is 0 Å². The number of benzene rings is 2.